The second-order valence-corrected chi connectivity index (χ2v) is 4.77. The second-order valence-electron chi connectivity index (χ2n) is 4.77. The van der Waals surface area contributed by atoms with Gasteiger partial charge in [-0.25, -0.2) is 0 Å². The average molecular weight is 265 g/mol. The van der Waals surface area contributed by atoms with Crippen LogP contribution in [0.5, 0.6) is 0 Å². The lowest BCUT2D eigenvalue weighted by molar-refractivity contribution is 0.0103. The van der Waals surface area contributed by atoms with Crippen molar-refractivity contribution >= 4 is 5.91 Å². The Labute approximate surface area is 111 Å². The number of morpholine rings is 1. The number of amides is 1. The zero-order valence-corrected chi connectivity index (χ0v) is 11.2. The van der Waals surface area contributed by atoms with Gasteiger partial charge >= 0.3 is 0 Å². The molecule has 2 N–H and O–H groups in total. The highest BCUT2D eigenvalue weighted by Crippen LogP contribution is 2.03. The van der Waals surface area contributed by atoms with Gasteiger partial charge in [-0.05, 0) is 19.1 Å². The van der Waals surface area contributed by atoms with Gasteiger partial charge in [-0.2, -0.15) is 0 Å². The van der Waals surface area contributed by atoms with Crippen LogP contribution >= 0.6 is 0 Å². The quantitative estimate of drug-likeness (QED) is 0.790. The van der Waals surface area contributed by atoms with E-state index in [1.807, 2.05) is 0 Å². The zero-order chi connectivity index (χ0) is 13.8. The molecule has 1 aliphatic rings. The summed E-state index contributed by atoms with van der Waals surface area (Å²) in [7, 11) is 1.68. The van der Waals surface area contributed by atoms with Crippen molar-refractivity contribution in [2.24, 2.45) is 0 Å². The topological polar surface area (TPSA) is 74.4 Å². The van der Waals surface area contributed by atoms with Crippen LogP contribution in [0.3, 0.4) is 0 Å². The number of aromatic amines is 1. The molecule has 0 spiro atoms. The van der Waals surface area contributed by atoms with Crippen LogP contribution in [-0.4, -0.2) is 55.2 Å². The van der Waals surface area contributed by atoms with E-state index in [4.69, 9.17) is 4.74 Å². The number of ether oxygens (including phenoxy) is 1. The number of hydrogen-bond donors (Lipinski definition) is 2. The molecule has 0 aliphatic carbocycles. The van der Waals surface area contributed by atoms with Gasteiger partial charge in [-0.1, -0.05) is 0 Å². The highest BCUT2D eigenvalue weighted by Gasteiger charge is 2.21. The minimum Gasteiger partial charge on any atom is -0.374 e. The van der Waals surface area contributed by atoms with Crippen LogP contribution in [0.25, 0.3) is 0 Å². The number of nitrogens with one attached hydrogen (secondary N) is 2. The minimum absolute atomic E-state index is 0.0211. The highest BCUT2D eigenvalue weighted by molar-refractivity contribution is 5.93. The summed E-state index contributed by atoms with van der Waals surface area (Å²) in [5, 5.41) is 3.21. The third-order valence-corrected chi connectivity index (χ3v) is 3.11. The number of carbonyl (C=O) groups is 1. The van der Waals surface area contributed by atoms with E-state index in [0.29, 0.717) is 13.2 Å². The molecule has 2 rings (SSSR count). The summed E-state index contributed by atoms with van der Waals surface area (Å²) in [6.07, 6.45) is -0.0211. The molecule has 1 atom stereocenters. The van der Waals surface area contributed by atoms with Gasteiger partial charge in [0.05, 0.1) is 12.7 Å². The molecule has 6 nitrogen and oxygen atoms in total. The first kappa shape index (κ1) is 13.8. The van der Waals surface area contributed by atoms with Crippen LogP contribution in [0.2, 0.25) is 0 Å². The average Bonchev–Trinajstić information content (AvgIpc) is 2.39. The fourth-order valence-electron chi connectivity index (χ4n) is 2.07. The molecule has 0 aromatic carbocycles. The molecule has 1 unspecified atom stereocenters. The van der Waals surface area contributed by atoms with E-state index in [-0.39, 0.29) is 23.1 Å². The maximum Gasteiger partial charge on any atom is 0.260 e. The van der Waals surface area contributed by atoms with E-state index in [1.54, 1.807) is 26.1 Å². The molecule has 2 heterocycles. The van der Waals surface area contributed by atoms with Gasteiger partial charge in [0.25, 0.3) is 11.5 Å². The Morgan fingerprint density at radius 1 is 1.53 bits per heavy atom. The number of aryl methyl sites for hydroxylation is 1. The van der Waals surface area contributed by atoms with Gasteiger partial charge in [0.1, 0.15) is 5.56 Å². The van der Waals surface area contributed by atoms with Crippen molar-refractivity contribution in [3.8, 4) is 0 Å². The fourth-order valence-corrected chi connectivity index (χ4v) is 2.07. The van der Waals surface area contributed by atoms with Gasteiger partial charge in [0.15, 0.2) is 0 Å². The van der Waals surface area contributed by atoms with Gasteiger partial charge in [-0.15, -0.1) is 0 Å². The van der Waals surface area contributed by atoms with Crippen LogP contribution in [0, 0.1) is 6.92 Å². The first-order valence-corrected chi connectivity index (χ1v) is 6.35. The molecule has 1 aliphatic heterocycles. The molecule has 0 saturated carbocycles. The lowest BCUT2D eigenvalue weighted by Gasteiger charge is -2.27. The van der Waals surface area contributed by atoms with Gasteiger partial charge < -0.3 is 19.9 Å². The molecule has 1 aromatic heterocycles. The summed E-state index contributed by atoms with van der Waals surface area (Å²) in [6, 6.07) is 3.29. The number of rotatable bonds is 3. The summed E-state index contributed by atoms with van der Waals surface area (Å²) >= 11 is 0. The Balaban J connectivity index is 2.03. The molecule has 104 valence electrons. The van der Waals surface area contributed by atoms with Gasteiger partial charge in [0.2, 0.25) is 0 Å². The molecule has 0 bridgehead atoms. The zero-order valence-electron chi connectivity index (χ0n) is 11.2. The normalized spacial score (nSPS) is 19.2. The van der Waals surface area contributed by atoms with Crippen LogP contribution in [0.4, 0.5) is 0 Å². The lowest BCUT2D eigenvalue weighted by Crippen LogP contribution is -2.46. The summed E-state index contributed by atoms with van der Waals surface area (Å²) in [5.41, 5.74) is 0.556. The standard InChI is InChI=1S/C13H19N3O3/c1-9-3-4-11(12(17)15-9)13(18)16(2)8-10-7-14-5-6-19-10/h3-4,10,14H,5-8H2,1-2H3,(H,15,17). The summed E-state index contributed by atoms with van der Waals surface area (Å²) < 4.78 is 5.54. The maximum atomic E-state index is 12.2. The maximum absolute atomic E-state index is 12.2. The number of carbonyl (C=O) groups excluding carboxylic acids is 1. The first-order valence-electron chi connectivity index (χ1n) is 6.35. The minimum atomic E-state index is -0.348. The van der Waals surface area contributed by atoms with Crippen molar-refractivity contribution < 1.29 is 9.53 Å². The predicted octanol–water partition coefficient (Wildman–Crippen LogP) is -0.256. The number of pyridine rings is 1. The molecular weight excluding hydrogens is 246 g/mol. The summed E-state index contributed by atoms with van der Waals surface area (Å²) in [6.45, 7) is 4.46. The van der Waals surface area contributed by atoms with Crippen molar-refractivity contribution in [1.29, 1.82) is 0 Å². The number of H-pyrrole nitrogens is 1. The highest BCUT2D eigenvalue weighted by atomic mass is 16.5. The summed E-state index contributed by atoms with van der Waals surface area (Å²) in [4.78, 5) is 28.1. The number of nitrogens with zero attached hydrogens (tertiary/aromatic N) is 1. The molecule has 6 heteroatoms. The van der Waals surface area contributed by atoms with E-state index < -0.39 is 0 Å². The Hall–Kier alpha value is -1.66. The van der Waals surface area contributed by atoms with Gasteiger partial charge in [-0.3, -0.25) is 9.59 Å². The Bertz CT molecular complexity index is 506. The number of hydrogen-bond acceptors (Lipinski definition) is 4. The first-order chi connectivity index (χ1) is 9.08. The van der Waals surface area contributed by atoms with Crippen molar-refractivity contribution in [3.05, 3.63) is 33.7 Å². The number of aromatic nitrogens is 1. The van der Waals surface area contributed by atoms with Crippen LogP contribution in [-0.2, 0) is 4.74 Å². The monoisotopic (exact) mass is 265 g/mol. The largest absolute Gasteiger partial charge is 0.374 e. The predicted molar refractivity (Wildman–Crippen MR) is 71.4 cm³/mol. The van der Waals surface area contributed by atoms with E-state index >= 15 is 0 Å². The number of likely N-dealkylation sites (N-methyl/N-ethyl adjacent to an activating group) is 1. The molecule has 1 saturated heterocycles. The van der Waals surface area contributed by atoms with Crippen molar-refractivity contribution in [1.82, 2.24) is 15.2 Å². The molecule has 1 fully saturated rings. The van der Waals surface area contributed by atoms with Crippen LogP contribution in [0.15, 0.2) is 16.9 Å². The SMILES string of the molecule is Cc1ccc(C(=O)N(C)CC2CNCCO2)c(=O)[nH]1. The van der Waals surface area contributed by atoms with Crippen molar-refractivity contribution in [2.45, 2.75) is 13.0 Å². The molecular formula is C13H19N3O3. The third-order valence-electron chi connectivity index (χ3n) is 3.11. The van der Waals surface area contributed by atoms with E-state index in [1.165, 1.54) is 4.90 Å². The molecule has 0 radical (unpaired) electrons. The molecule has 1 aromatic rings. The van der Waals surface area contributed by atoms with E-state index in [2.05, 4.69) is 10.3 Å². The third kappa shape index (κ3) is 3.42. The fraction of sp³-hybridized carbons (Fsp3) is 0.538. The van der Waals surface area contributed by atoms with Crippen LogP contribution < -0.4 is 10.9 Å². The Morgan fingerprint density at radius 2 is 2.32 bits per heavy atom. The van der Waals surface area contributed by atoms with Crippen molar-refractivity contribution in [2.75, 3.05) is 33.3 Å². The van der Waals surface area contributed by atoms with E-state index in [0.717, 1.165) is 18.8 Å². The van der Waals surface area contributed by atoms with Crippen molar-refractivity contribution in [3.63, 3.8) is 0 Å². The summed E-state index contributed by atoms with van der Waals surface area (Å²) in [5.74, 6) is -0.282. The lowest BCUT2D eigenvalue weighted by atomic mass is 10.2. The molecule has 1 amide bonds. The second kappa shape index (κ2) is 5.99. The van der Waals surface area contributed by atoms with Gasteiger partial charge in [0, 0.05) is 32.4 Å². The smallest absolute Gasteiger partial charge is 0.260 e. The Kier molecular flexibility index (Phi) is 4.34. The molecule has 19 heavy (non-hydrogen) atoms. The van der Waals surface area contributed by atoms with Crippen LogP contribution in [0.1, 0.15) is 16.1 Å². The Morgan fingerprint density at radius 3 is 2.95 bits per heavy atom. The van der Waals surface area contributed by atoms with E-state index in [9.17, 15) is 9.59 Å².